The standard InChI is InChI=1S/C14H20BrFN2/c15-12-6-5-11(14(16)9-12)8-13(18-17)7-10-3-1-2-4-10/h5-6,9-10,13,18H,1-4,7-8,17H2. The summed E-state index contributed by atoms with van der Waals surface area (Å²) in [7, 11) is 0. The summed E-state index contributed by atoms with van der Waals surface area (Å²) in [6.45, 7) is 0. The van der Waals surface area contributed by atoms with E-state index in [1.54, 1.807) is 0 Å². The van der Waals surface area contributed by atoms with Crippen molar-refractivity contribution in [1.29, 1.82) is 0 Å². The number of hydrogen-bond acceptors (Lipinski definition) is 2. The van der Waals surface area contributed by atoms with E-state index in [1.807, 2.05) is 12.1 Å². The van der Waals surface area contributed by atoms with Crippen molar-refractivity contribution in [3.8, 4) is 0 Å². The maximum atomic E-state index is 13.8. The fraction of sp³-hybridized carbons (Fsp3) is 0.571. The molecule has 1 saturated carbocycles. The molecular weight excluding hydrogens is 295 g/mol. The Morgan fingerprint density at radius 1 is 1.39 bits per heavy atom. The average Bonchev–Trinajstić information content (AvgIpc) is 2.84. The minimum atomic E-state index is -0.156. The van der Waals surface area contributed by atoms with Gasteiger partial charge < -0.3 is 0 Å². The summed E-state index contributed by atoms with van der Waals surface area (Å²) in [5, 5.41) is 0. The summed E-state index contributed by atoms with van der Waals surface area (Å²) >= 11 is 3.27. The SMILES string of the molecule is NNC(Cc1ccc(Br)cc1F)CC1CCCC1. The molecule has 0 bridgehead atoms. The van der Waals surface area contributed by atoms with E-state index in [4.69, 9.17) is 5.84 Å². The molecule has 1 unspecified atom stereocenters. The molecule has 1 aromatic rings. The Bertz CT molecular complexity index is 391. The van der Waals surface area contributed by atoms with Crippen LogP contribution in [0.15, 0.2) is 22.7 Å². The van der Waals surface area contributed by atoms with E-state index in [1.165, 1.54) is 31.7 Å². The van der Waals surface area contributed by atoms with E-state index in [-0.39, 0.29) is 11.9 Å². The molecule has 0 aromatic heterocycles. The molecule has 1 aromatic carbocycles. The minimum absolute atomic E-state index is 0.156. The number of nitrogens with two attached hydrogens (primary N) is 1. The number of hydrogen-bond donors (Lipinski definition) is 2. The third-order valence-corrected chi connectivity index (χ3v) is 4.30. The first-order valence-electron chi connectivity index (χ1n) is 6.59. The van der Waals surface area contributed by atoms with Gasteiger partial charge >= 0.3 is 0 Å². The van der Waals surface area contributed by atoms with Crippen molar-refractivity contribution in [3.05, 3.63) is 34.1 Å². The van der Waals surface area contributed by atoms with E-state index in [2.05, 4.69) is 21.4 Å². The number of hydrazine groups is 1. The molecule has 2 nitrogen and oxygen atoms in total. The molecule has 0 heterocycles. The van der Waals surface area contributed by atoms with E-state index in [0.29, 0.717) is 6.42 Å². The molecule has 1 aliphatic rings. The lowest BCUT2D eigenvalue weighted by molar-refractivity contribution is 0.386. The molecule has 0 spiro atoms. The second-order valence-electron chi connectivity index (χ2n) is 5.19. The number of halogens is 2. The molecule has 3 N–H and O–H groups in total. The predicted octanol–water partition coefficient (Wildman–Crippen LogP) is 3.54. The van der Waals surface area contributed by atoms with Gasteiger partial charge in [-0.15, -0.1) is 0 Å². The van der Waals surface area contributed by atoms with Gasteiger partial charge in [0.05, 0.1) is 0 Å². The molecule has 1 atom stereocenters. The van der Waals surface area contributed by atoms with E-state index < -0.39 is 0 Å². The fourth-order valence-electron chi connectivity index (χ4n) is 2.81. The van der Waals surface area contributed by atoms with Gasteiger partial charge in [-0.2, -0.15) is 0 Å². The summed E-state index contributed by atoms with van der Waals surface area (Å²) in [6, 6.07) is 5.39. The Hall–Kier alpha value is -0.450. The first kappa shape index (κ1) is 14.0. The van der Waals surface area contributed by atoms with Gasteiger partial charge in [-0.25, -0.2) is 4.39 Å². The van der Waals surface area contributed by atoms with Gasteiger partial charge in [-0.3, -0.25) is 11.3 Å². The first-order chi connectivity index (χ1) is 8.69. The van der Waals surface area contributed by atoms with Crippen LogP contribution in [-0.4, -0.2) is 6.04 Å². The van der Waals surface area contributed by atoms with Crippen molar-refractivity contribution >= 4 is 15.9 Å². The average molecular weight is 315 g/mol. The van der Waals surface area contributed by atoms with Gasteiger partial charge in [0.2, 0.25) is 0 Å². The van der Waals surface area contributed by atoms with Crippen LogP contribution in [0.1, 0.15) is 37.7 Å². The molecule has 0 saturated heterocycles. The Morgan fingerprint density at radius 3 is 2.72 bits per heavy atom. The molecule has 1 fully saturated rings. The summed E-state index contributed by atoms with van der Waals surface area (Å²) in [5.41, 5.74) is 3.58. The lowest BCUT2D eigenvalue weighted by atomic mass is 9.94. The van der Waals surface area contributed by atoms with E-state index in [0.717, 1.165) is 22.4 Å². The van der Waals surface area contributed by atoms with Crippen LogP contribution in [0, 0.1) is 11.7 Å². The van der Waals surface area contributed by atoms with Crippen molar-refractivity contribution in [2.75, 3.05) is 0 Å². The zero-order valence-corrected chi connectivity index (χ0v) is 12.0. The van der Waals surface area contributed by atoms with Gasteiger partial charge in [0.25, 0.3) is 0 Å². The third kappa shape index (κ3) is 3.77. The van der Waals surface area contributed by atoms with Crippen molar-refractivity contribution in [1.82, 2.24) is 5.43 Å². The summed E-state index contributed by atoms with van der Waals surface area (Å²) < 4.78 is 14.5. The predicted molar refractivity (Wildman–Crippen MR) is 75.5 cm³/mol. The van der Waals surface area contributed by atoms with Crippen molar-refractivity contribution < 1.29 is 4.39 Å². The molecule has 0 radical (unpaired) electrons. The molecule has 1 aliphatic carbocycles. The summed E-state index contributed by atoms with van der Waals surface area (Å²) in [4.78, 5) is 0. The molecule has 2 rings (SSSR count). The van der Waals surface area contributed by atoms with Gasteiger partial charge in [-0.05, 0) is 36.5 Å². The van der Waals surface area contributed by atoms with E-state index in [9.17, 15) is 4.39 Å². The highest BCUT2D eigenvalue weighted by molar-refractivity contribution is 9.10. The second-order valence-corrected chi connectivity index (χ2v) is 6.11. The summed E-state index contributed by atoms with van der Waals surface area (Å²) in [6.07, 6.45) is 6.95. The topological polar surface area (TPSA) is 38.0 Å². The Kier molecular flexibility index (Phi) is 5.15. The molecular formula is C14H20BrFN2. The highest BCUT2D eigenvalue weighted by Crippen LogP contribution is 2.29. The Morgan fingerprint density at radius 2 is 2.11 bits per heavy atom. The monoisotopic (exact) mass is 314 g/mol. The molecule has 18 heavy (non-hydrogen) atoms. The van der Waals surface area contributed by atoms with Gasteiger partial charge in [0.15, 0.2) is 0 Å². The van der Waals surface area contributed by atoms with E-state index >= 15 is 0 Å². The lowest BCUT2D eigenvalue weighted by Gasteiger charge is -2.20. The fourth-order valence-corrected chi connectivity index (χ4v) is 3.14. The van der Waals surface area contributed by atoms with Crippen molar-refractivity contribution in [3.63, 3.8) is 0 Å². The number of nitrogens with one attached hydrogen (secondary N) is 1. The van der Waals surface area contributed by atoms with Gasteiger partial charge in [-0.1, -0.05) is 47.7 Å². The number of rotatable bonds is 5. The highest BCUT2D eigenvalue weighted by atomic mass is 79.9. The van der Waals surface area contributed by atoms with Gasteiger partial charge in [0, 0.05) is 10.5 Å². The van der Waals surface area contributed by atoms with Crippen LogP contribution in [0.4, 0.5) is 4.39 Å². The molecule has 0 aliphatic heterocycles. The van der Waals surface area contributed by atoms with Crippen molar-refractivity contribution in [2.24, 2.45) is 11.8 Å². The third-order valence-electron chi connectivity index (χ3n) is 3.81. The number of benzene rings is 1. The normalized spacial score (nSPS) is 18.2. The largest absolute Gasteiger partial charge is 0.271 e. The first-order valence-corrected chi connectivity index (χ1v) is 7.38. The minimum Gasteiger partial charge on any atom is -0.271 e. The zero-order valence-electron chi connectivity index (χ0n) is 10.5. The van der Waals surface area contributed by atoms with Crippen molar-refractivity contribution in [2.45, 2.75) is 44.6 Å². The van der Waals surface area contributed by atoms with Crippen LogP contribution in [0.2, 0.25) is 0 Å². The van der Waals surface area contributed by atoms with Crippen LogP contribution in [0.25, 0.3) is 0 Å². The lowest BCUT2D eigenvalue weighted by Crippen LogP contribution is -2.38. The van der Waals surface area contributed by atoms with Crippen LogP contribution in [0.3, 0.4) is 0 Å². The molecule has 100 valence electrons. The molecule has 4 heteroatoms. The smallest absolute Gasteiger partial charge is 0.127 e. The summed E-state index contributed by atoms with van der Waals surface area (Å²) in [5.74, 6) is 6.19. The quantitative estimate of drug-likeness (QED) is 0.644. The maximum absolute atomic E-state index is 13.8. The molecule has 0 amide bonds. The van der Waals surface area contributed by atoms with Gasteiger partial charge in [0.1, 0.15) is 5.82 Å². The maximum Gasteiger partial charge on any atom is 0.127 e. The van der Waals surface area contributed by atoms with Crippen LogP contribution < -0.4 is 11.3 Å². The second kappa shape index (κ2) is 6.64. The van der Waals surface area contributed by atoms with Crippen LogP contribution in [0.5, 0.6) is 0 Å². The van der Waals surface area contributed by atoms with Crippen LogP contribution >= 0.6 is 15.9 Å². The highest BCUT2D eigenvalue weighted by Gasteiger charge is 2.20. The zero-order chi connectivity index (χ0) is 13.0. The Labute approximate surface area is 116 Å². The Balaban J connectivity index is 1.96. The van der Waals surface area contributed by atoms with Crippen LogP contribution in [-0.2, 0) is 6.42 Å².